The predicted molar refractivity (Wildman–Crippen MR) is 85.1 cm³/mol. The van der Waals surface area contributed by atoms with Gasteiger partial charge in [-0.15, -0.1) is 0 Å². The summed E-state index contributed by atoms with van der Waals surface area (Å²) in [6.45, 7) is 10.1. The Morgan fingerprint density at radius 1 is 0.957 bits per heavy atom. The Balaban J connectivity index is -0.000000284. The quantitative estimate of drug-likeness (QED) is 0.417. The van der Waals surface area contributed by atoms with Crippen molar-refractivity contribution in [1.82, 2.24) is 0 Å². The summed E-state index contributed by atoms with van der Waals surface area (Å²) < 4.78 is 4.91. The number of aliphatic hydroxyl groups is 3. The van der Waals surface area contributed by atoms with Crippen LogP contribution in [-0.4, -0.2) is 70.5 Å². The largest absolute Gasteiger partial charge is 0.478 e. The summed E-state index contributed by atoms with van der Waals surface area (Å²) in [5.74, 6) is -1.87. The molecule has 0 radical (unpaired) electrons. The molecule has 0 aromatic rings. The van der Waals surface area contributed by atoms with Gasteiger partial charge < -0.3 is 30.3 Å². The molecule has 0 saturated heterocycles. The molecule has 23 heavy (non-hydrogen) atoms. The van der Waals surface area contributed by atoms with Gasteiger partial charge in [-0.1, -0.05) is 13.2 Å². The molecule has 0 aliphatic rings. The van der Waals surface area contributed by atoms with Crippen molar-refractivity contribution < 1.29 is 39.9 Å². The van der Waals surface area contributed by atoms with Crippen molar-refractivity contribution >= 4 is 11.9 Å². The first-order valence-electron chi connectivity index (χ1n) is 6.58. The Labute approximate surface area is 136 Å². The van der Waals surface area contributed by atoms with Crippen LogP contribution in [0.3, 0.4) is 0 Å². The summed E-state index contributed by atoms with van der Waals surface area (Å²) in [5, 5.41) is 42.4. The van der Waals surface area contributed by atoms with Gasteiger partial charge in [-0.3, -0.25) is 0 Å². The van der Waals surface area contributed by atoms with Crippen LogP contribution in [0.15, 0.2) is 24.3 Å². The van der Waals surface area contributed by atoms with Crippen molar-refractivity contribution in [3.8, 4) is 0 Å². The zero-order valence-corrected chi connectivity index (χ0v) is 14.1. The molecule has 0 heterocycles. The zero-order chi connectivity index (χ0) is 19.2. The fraction of sp³-hybridized carbons (Fsp3) is 0.600. The number of carboxylic acid groups (broad SMARTS) is 2. The molecule has 8 heteroatoms. The third-order valence-corrected chi connectivity index (χ3v) is 2.89. The molecule has 0 fully saturated rings. The number of hydrogen-bond donors (Lipinski definition) is 5. The molecule has 0 amide bonds. The molecule has 8 nitrogen and oxygen atoms in total. The van der Waals surface area contributed by atoms with E-state index in [0.29, 0.717) is 0 Å². The van der Waals surface area contributed by atoms with Crippen LogP contribution in [0.2, 0.25) is 0 Å². The minimum Gasteiger partial charge on any atom is -0.478 e. The van der Waals surface area contributed by atoms with Crippen LogP contribution in [0.25, 0.3) is 0 Å². The highest BCUT2D eigenvalue weighted by Crippen LogP contribution is 2.21. The molecule has 0 aliphatic carbocycles. The molecule has 5 N–H and O–H groups in total. The fourth-order valence-electron chi connectivity index (χ4n) is 0.786. The van der Waals surface area contributed by atoms with Crippen molar-refractivity contribution in [3.05, 3.63) is 24.3 Å². The maximum absolute atomic E-state index is 9.60. The molecule has 0 rings (SSSR count). The van der Waals surface area contributed by atoms with Crippen molar-refractivity contribution in [2.75, 3.05) is 26.9 Å². The summed E-state index contributed by atoms with van der Waals surface area (Å²) in [7, 11) is 1.47. The average molecular weight is 336 g/mol. The number of aliphatic hydroxyl groups excluding tert-OH is 3. The Morgan fingerprint density at radius 2 is 1.17 bits per heavy atom. The monoisotopic (exact) mass is 336 g/mol. The molecule has 0 aromatic heterocycles. The van der Waals surface area contributed by atoms with Gasteiger partial charge in [-0.25, -0.2) is 9.59 Å². The predicted octanol–water partition coefficient (Wildman–Crippen LogP) is 0.279. The highest BCUT2D eigenvalue weighted by Gasteiger charge is 2.34. The van der Waals surface area contributed by atoms with E-state index in [0.717, 1.165) is 0 Å². The summed E-state index contributed by atoms with van der Waals surface area (Å²) in [6.07, 6.45) is -0.359. The Morgan fingerprint density at radius 3 is 1.22 bits per heavy atom. The number of rotatable bonds is 7. The lowest BCUT2D eigenvalue weighted by atomic mass is 9.85. The van der Waals surface area contributed by atoms with E-state index in [1.807, 2.05) is 0 Å². The van der Waals surface area contributed by atoms with Gasteiger partial charge in [-0.2, -0.15) is 0 Å². The molecular formula is C15H28O8. The SMILES string of the molecule is C=C(C)C(=O)O.C=C(C)C(=O)O.COC(C)C(CO)(CO)CO. The van der Waals surface area contributed by atoms with E-state index in [1.54, 1.807) is 6.92 Å². The first-order valence-corrected chi connectivity index (χ1v) is 6.58. The van der Waals surface area contributed by atoms with E-state index in [9.17, 15) is 9.59 Å². The highest BCUT2D eigenvalue weighted by atomic mass is 16.5. The van der Waals surface area contributed by atoms with Gasteiger partial charge in [0, 0.05) is 18.3 Å². The van der Waals surface area contributed by atoms with Gasteiger partial charge in [0.05, 0.1) is 31.3 Å². The average Bonchev–Trinajstić information content (AvgIpc) is 2.50. The lowest BCUT2D eigenvalue weighted by Crippen LogP contribution is -2.44. The van der Waals surface area contributed by atoms with Crippen LogP contribution >= 0.6 is 0 Å². The molecule has 0 aliphatic heterocycles. The number of methoxy groups -OCH3 is 1. The Bertz CT molecular complexity index is 329. The third-order valence-electron chi connectivity index (χ3n) is 2.89. The number of ether oxygens (including phenoxy) is 1. The lowest BCUT2D eigenvalue weighted by Gasteiger charge is -2.32. The summed E-state index contributed by atoms with van der Waals surface area (Å²) in [6, 6.07) is 0. The second kappa shape index (κ2) is 13.9. The maximum atomic E-state index is 9.60. The second-order valence-corrected chi connectivity index (χ2v) is 4.89. The van der Waals surface area contributed by atoms with Gasteiger partial charge in [-0.05, 0) is 20.8 Å². The molecule has 0 bridgehead atoms. The van der Waals surface area contributed by atoms with Crippen molar-refractivity contribution in [1.29, 1.82) is 0 Å². The Hall–Kier alpha value is -1.74. The number of aliphatic carboxylic acids is 2. The van der Waals surface area contributed by atoms with E-state index >= 15 is 0 Å². The van der Waals surface area contributed by atoms with Gasteiger partial charge in [0.25, 0.3) is 0 Å². The maximum Gasteiger partial charge on any atom is 0.330 e. The molecule has 136 valence electrons. The van der Waals surface area contributed by atoms with Crippen LogP contribution in [0.4, 0.5) is 0 Å². The van der Waals surface area contributed by atoms with E-state index in [1.165, 1.54) is 21.0 Å². The zero-order valence-electron chi connectivity index (χ0n) is 14.1. The first-order chi connectivity index (χ1) is 10.4. The molecule has 0 aromatic carbocycles. The van der Waals surface area contributed by atoms with Crippen molar-refractivity contribution in [2.45, 2.75) is 26.9 Å². The van der Waals surface area contributed by atoms with Gasteiger partial charge in [0.1, 0.15) is 0 Å². The lowest BCUT2D eigenvalue weighted by molar-refractivity contribution is -0.133. The van der Waals surface area contributed by atoms with E-state index in [4.69, 9.17) is 30.3 Å². The number of carbonyl (C=O) groups is 2. The van der Waals surface area contributed by atoms with Crippen molar-refractivity contribution in [2.24, 2.45) is 5.41 Å². The second-order valence-electron chi connectivity index (χ2n) is 4.89. The summed E-state index contributed by atoms with van der Waals surface area (Å²) in [4.78, 5) is 19.2. The number of hydrogen-bond acceptors (Lipinski definition) is 6. The first kappa shape index (κ1) is 26.2. The van der Waals surface area contributed by atoms with Gasteiger partial charge >= 0.3 is 11.9 Å². The Kier molecular flexibility index (Phi) is 15.8. The summed E-state index contributed by atoms with van der Waals surface area (Å²) >= 11 is 0. The molecule has 0 saturated carbocycles. The van der Waals surface area contributed by atoms with Crippen LogP contribution in [0.1, 0.15) is 20.8 Å². The van der Waals surface area contributed by atoms with Crippen LogP contribution in [-0.2, 0) is 14.3 Å². The fourth-order valence-corrected chi connectivity index (χ4v) is 0.786. The van der Waals surface area contributed by atoms with E-state index in [2.05, 4.69) is 13.2 Å². The van der Waals surface area contributed by atoms with Gasteiger partial charge in [0.2, 0.25) is 0 Å². The standard InChI is InChI=1S/C7H16O4.2C4H6O2/c1-6(11-2)7(3-8,4-9)5-10;2*1-3(2)4(5)6/h6,8-10H,3-5H2,1-2H3;2*1H2,2H3,(H,5,6). The highest BCUT2D eigenvalue weighted by molar-refractivity contribution is 5.85. The van der Waals surface area contributed by atoms with Gasteiger partial charge in [0.15, 0.2) is 0 Å². The molecule has 0 spiro atoms. The van der Waals surface area contributed by atoms with Crippen LogP contribution in [0.5, 0.6) is 0 Å². The van der Waals surface area contributed by atoms with Crippen LogP contribution in [0, 0.1) is 5.41 Å². The molecule has 1 atom stereocenters. The molecular weight excluding hydrogens is 308 g/mol. The summed E-state index contributed by atoms with van der Waals surface area (Å²) in [5.41, 5.74) is -0.570. The van der Waals surface area contributed by atoms with Crippen LogP contribution < -0.4 is 0 Å². The minimum atomic E-state index is -0.935. The number of carboxylic acids is 2. The van der Waals surface area contributed by atoms with E-state index < -0.39 is 17.4 Å². The smallest absolute Gasteiger partial charge is 0.330 e. The van der Waals surface area contributed by atoms with Crippen molar-refractivity contribution in [3.63, 3.8) is 0 Å². The topological polar surface area (TPSA) is 145 Å². The van der Waals surface area contributed by atoms with E-state index in [-0.39, 0.29) is 37.1 Å². The minimum absolute atomic E-state index is 0.176. The third kappa shape index (κ3) is 12.5. The normalized spacial score (nSPS) is 11.1. The molecule has 1 unspecified atom stereocenters.